The Balaban J connectivity index is 1.86. The second-order valence-corrected chi connectivity index (χ2v) is 8.67. The number of esters is 1. The van der Waals surface area contributed by atoms with Gasteiger partial charge in [0.1, 0.15) is 6.54 Å². The predicted octanol–water partition coefficient (Wildman–Crippen LogP) is 1.26. The van der Waals surface area contributed by atoms with Crippen molar-refractivity contribution in [3.63, 3.8) is 0 Å². The summed E-state index contributed by atoms with van der Waals surface area (Å²) in [6, 6.07) is 5.50. The van der Waals surface area contributed by atoms with Crippen molar-refractivity contribution in [2.45, 2.75) is 50.5 Å². The molecule has 1 aliphatic rings. The quantitative estimate of drug-likeness (QED) is 0.634. The number of rotatable bonds is 7. The number of hydrogen-bond donors (Lipinski definition) is 2. The molecular weight excluding hydrogens is 398 g/mol. The summed E-state index contributed by atoms with van der Waals surface area (Å²) >= 11 is 0. The Morgan fingerprint density at radius 2 is 1.66 bits per heavy atom. The Hall–Kier alpha value is -2.46. The van der Waals surface area contributed by atoms with Gasteiger partial charge in [0.15, 0.2) is 6.10 Å². The molecule has 160 valence electrons. The van der Waals surface area contributed by atoms with Crippen LogP contribution in [0.3, 0.4) is 0 Å². The third-order valence-electron chi connectivity index (χ3n) is 4.47. The average molecular weight is 426 g/mol. The number of amides is 2. The zero-order valence-electron chi connectivity index (χ0n) is 16.6. The molecule has 1 aliphatic heterocycles. The summed E-state index contributed by atoms with van der Waals surface area (Å²) in [5.41, 5.74) is 0.455. The molecule has 2 N–H and O–H groups in total. The van der Waals surface area contributed by atoms with Crippen LogP contribution in [0.2, 0.25) is 0 Å². The molecule has 1 saturated heterocycles. The summed E-state index contributed by atoms with van der Waals surface area (Å²) in [5.74, 6) is -1.37. The highest BCUT2D eigenvalue weighted by Gasteiger charge is 2.25. The largest absolute Gasteiger partial charge is 0.452 e. The van der Waals surface area contributed by atoms with Crippen LogP contribution in [0.15, 0.2) is 29.2 Å². The first-order valence-electron chi connectivity index (χ1n) is 9.54. The molecule has 0 bridgehead atoms. The summed E-state index contributed by atoms with van der Waals surface area (Å²) < 4.78 is 31.8. The van der Waals surface area contributed by atoms with E-state index in [2.05, 4.69) is 10.0 Å². The highest BCUT2D eigenvalue weighted by atomic mass is 32.2. The first-order valence-corrected chi connectivity index (χ1v) is 11.0. The average Bonchev–Trinajstić information content (AvgIpc) is 2.95. The summed E-state index contributed by atoms with van der Waals surface area (Å²) in [6.45, 7) is 3.52. The van der Waals surface area contributed by atoms with Gasteiger partial charge in [0.25, 0.3) is 5.91 Å². The number of nitrogens with one attached hydrogen (secondary N) is 2. The van der Waals surface area contributed by atoms with Crippen molar-refractivity contribution in [1.82, 2.24) is 9.62 Å². The normalized spacial score (nSPS) is 15.9. The first kappa shape index (κ1) is 22.8. The molecule has 9 nitrogen and oxygen atoms in total. The van der Waals surface area contributed by atoms with Crippen LogP contribution in [0.5, 0.6) is 0 Å². The van der Waals surface area contributed by atoms with Gasteiger partial charge in [-0.2, -0.15) is 4.72 Å². The number of benzene rings is 1. The number of ether oxygens (including phenoxy) is 1. The second-order valence-electron chi connectivity index (χ2n) is 6.90. The van der Waals surface area contributed by atoms with E-state index in [1.807, 2.05) is 0 Å². The van der Waals surface area contributed by atoms with Gasteiger partial charge in [-0.1, -0.05) is 12.8 Å². The van der Waals surface area contributed by atoms with E-state index in [9.17, 15) is 22.8 Å². The Morgan fingerprint density at radius 3 is 2.21 bits per heavy atom. The smallest absolute Gasteiger partial charge is 0.321 e. The molecule has 1 heterocycles. The van der Waals surface area contributed by atoms with Gasteiger partial charge >= 0.3 is 5.97 Å². The minimum Gasteiger partial charge on any atom is -0.452 e. The van der Waals surface area contributed by atoms with E-state index in [0.717, 1.165) is 25.7 Å². The number of hydrogen-bond acceptors (Lipinski definition) is 6. The Kier molecular flexibility index (Phi) is 8.15. The maximum Gasteiger partial charge on any atom is 0.321 e. The van der Waals surface area contributed by atoms with Gasteiger partial charge in [-0.15, -0.1) is 0 Å². The Morgan fingerprint density at radius 1 is 1.07 bits per heavy atom. The van der Waals surface area contributed by atoms with Crippen LogP contribution in [0.1, 0.15) is 39.5 Å². The van der Waals surface area contributed by atoms with Gasteiger partial charge in [-0.3, -0.25) is 14.4 Å². The molecule has 0 radical (unpaired) electrons. The molecule has 2 amide bonds. The second kappa shape index (κ2) is 10.4. The predicted molar refractivity (Wildman–Crippen MR) is 107 cm³/mol. The highest BCUT2D eigenvalue weighted by molar-refractivity contribution is 7.89. The number of likely N-dealkylation sites (tertiary alicyclic amines) is 1. The molecule has 29 heavy (non-hydrogen) atoms. The molecule has 0 spiro atoms. The summed E-state index contributed by atoms with van der Waals surface area (Å²) in [4.78, 5) is 37.0. The molecule has 2 rings (SSSR count). The lowest BCUT2D eigenvalue weighted by atomic mass is 10.2. The first-order chi connectivity index (χ1) is 13.7. The van der Waals surface area contributed by atoms with Crippen LogP contribution >= 0.6 is 0 Å². The lowest BCUT2D eigenvalue weighted by Gasteiger charge is -2.24. The fourth-order valence-electron chi connectivity index (χ4n) is 3.00. The standard InChI is InChI=1S/C19H27N3O6S/c1-14(19(25)22-11-5-3-4-6-12-22)28-18(24)13-20-29(26,27)17-9-7-16(8-10-17)21-15(2)23/h7-10,14,20H,3-6,11-13H2,1-2H3,(H,21,23)/t14-/m1/s1. The summed E-state index contributed by atoms with van der Waals surface area (Å²) in [5, 5.41) is 2.53. The van der Waals surface area contributed by atoms with E-state index in [1.165, 1.54) is 38.1 Å². The molecule has 10 heteroatoms. The van der Waals surface area contributed by atoms with Gasteiger partial charge in [-0.25, -0.2) is 8.42 Å². The number of nitrogens with zero attached hydrogens (tertiary/aromatic N) is 1. The van der Waals surface area contributed by atoms with E-state index >= 15 is 0 Å². The van der Waals surface area contributed by atoms with Crippen LogP contribution in [-0.4, -0.2) is 56.8 Å². The molecule has 0 saturated carbocycles. The van der Waals surface area contributed by atoms with E-state index in [0.29, 0.717) is 18.8 Å². The molecule has 1 fully saturated rings. The van der Waals surface area contributed by atoms with Gasteiger partial charge in [0, 0.05) is 25.7 Å². The third kappa shape index (κ3) is 7.13. The van der Waals surface area contributed by atoms with Crippen molar-refractivity contribution in [2.24, 2.45) is 0 Å². The van der Waals surface area contributed by atoms with Crippen molar-refractivity contribution >= 4 is 33.5 Å². The number of anilines is 1. The number of sulfonamides is 1. The van der Waals surface area contributed by atoms with Crippen LogP contribution in [0.25, 0.3) is 0 Å². The lowest BCUT2D eigenvalue weighted by Crippen LogP contribution is -2.42. The summed E-state index contributed by atoms with van der Waals surface area (Å²) in [7, 11) is -3.94. The maximum absolute atomic E-state index is 12.4. The summed E-state index contributed by atoms with van der Waals surface area (Å²) in [6.07, 6.45) is 3.03. The van der Waals surface area contributed by atoms with E-state index in [-0.39, 0.29) is 16.7 Å². The van der Waals surface area contributed by atoms with Gasteiger partial charge in [0.2, 0.25) is 15.9 Å². The van der Waals surface area contributed by atoms with Crippen molar-refractivity contribution in [3.8, 4) is 0 Å². The van der Waals surface area contributed by atoms with Crippen molar-refractivity contribution in [1.29, 1.82) is 0 Å². The van der Waals surface area contributed by atoms with Crippen LogP contribution in [0.4, 0.5) is 5.69 Å². The Labute approximate surface area is 170 Å². The Bertz CT molecular complexity index is 830. The van der Waals surface area contributed by atoms with E-state index < -0.39 is 28.6 Å². The molecular formula is C19H27N3O6S. The fraction of sp³-hybridized carbons (Fsp3) is 0.526. The third-order valence-corrected chi connectivity index (χ3v) is 5.88. The lowest BCUT2D eigenvalue weighted by molar-refractivity contribution is -0.158. The van der Waals surface area contributed by atoms with Gasteiger partial charge in [-0.05, 0) is 44.0 Å². The molecule has 1 aromatic carbocycles. The maximum atomic E-state index is 12.4. The minimum atomic E-state index is -3.94. The number of carbonyl (C=O) groups is 3. The SMILES string of the molecule is CC(=O)Nc1ccc(S(=O)(=O)NCC(=O)O[C@H](C)C(=O)N2CCCCCC2)cc1. The van der Waals surface area contributed by atoms with Crippen molar-refractivity contribution < 1.29 is 27.5 Å². The van der Waals surface area contributed by atoms with Crippen LogP contribution in [0, 0.1) is 0 Å². The van der Waals surface area contributed by atoms with Crippen molar-refractivity contribution in [2.75, 3.05) is 25.0 Å². The minimum absolute atomic E-state index is 0.0620. The molecule has 0 unspecified atom stereocenters. The van der Waals surface area contributed by atoms with E-state index in [1.54, 1.807) is 4.90 Å². The fourth-order valence-corrected chi connectivity index (χ4v) is 3.96. The van der Waals surface area contributed by atoms with Gasteiger partial charge in [0.05, 0.1) is 4.90 Å². The van der Waals surface area contributed by atoms with Crippen molar-refractivity contribution in [3.05, 3.63) is 24.3 Å². The zero-order valence-corrected chi connectivity index (χ0v) is 17.5. The molecule has 0 aliphatic carbocycles. The zero-order chi connectivity index (χ0) is 21.4. The molecule has 0 aromatic heterocycles. The number of carbonyl (C=O) groups excluding carboxylic acids is 3. The highest BCUT2D eigenvalue weighted by Crippen LogP contribution is 2.14. The molecule has 1 aromatic rings. The van der Waals surface area contributed by atoms with E-state index in [4.69, 9.17) is 4.74 Å². The van der Waals surface area contributed by atoms with Crippen LogP contribution < -0.4 is 10.0 Å². The monoisotopic (exact) mass is 425 g/mol. The molecule has 1 atom stereocenters. The van der Waals surface area contributed by atoms with Crippen LogP contribution in [-0.2, 0) is 29.1 Å². The topological polar surface area (TPSA) is 122 Å². The van der Waals surface area contributed by atoms with Gasteiger partial charge < -0.3 is 15.0 Å².